The molecule has 3 rings (SSSR count). The van der Waals surface area contributed by atoms with E-state index in [9.17, 15) is 15.1 Å². The van der Waals surface area contributed by atoms with Gasteiger partial charge in [0.05, 0.1) is 5.71 Å². The van der Waals surface area contributed by atoms with Gasteiger partial charge in [0.1, 0.15) is 0 Å². The number of carbonyl (C=O) groups excluding carboxylic acids is 1. The van der Waals surface area contributed by atoms with Crippen LogP contribution >= 0.6 is 11.6 Å². The number of para-hydroxylation sites is 1. The minimum Gasteiger partial charge on any atom is -0.411 e. The molecule has 6 heteroatoms. The SMILES string of the molecule is O=C1Nc2ccccc2[C@@]1(O)C/C(=N\O)c1ccc(Cl)cc1. The number of carbonyl (C=O) groups is 1. The summed E-state index contributed by atoms with van der Waals surface area (Å²) < 4.78 is 0. The van der Waals surface area contributed by atoms with Gasteiger partial charge >= 0.3 is 0 Å². The molecule has 22 heavy (non-hydrogen) atoms. The zero-order valence-corrected chi connectivity index (χ0v) is 12.2. The van der Waals surface area contributed by atoms with Crippen LogP contribution in [-0.4, -0.2) is 21.9 Å². The zero-order chi connectivity index (χ0) is 15.7. The molecule has 2 aromatic rings. The smallest absolute Gasteiger partial charge is 0.261 e. The molecule has 5 nitrogen and oxygen atoms in total. The maximum Gasteiger partial charge on any atom is 0.261 e. The van der Waals surface area contributed by atoms with Gasteiger partial charge in [0.25, 0.3) is 5.91 Å². The largest absolute Gasteiger partial charge is 0.411 e. The van der Waals surface area contributed by atoms with Gasteiger partial charge in [-0.05, 0) is 23.8 Å². The Hall–Kier alpha value is -2.37. The van der Waals surface area contributed by atoms with Crippen LogP contribution in [0.25, 0.3) is 0 Å². The van der Waals surface area contributed by atoms with Crippen molar-refractivity contribution in [2.45, 2.75) is 12.0 Å². The maximum atomic E-state index is 12.2. The molecule has 1 aliphatic rings. The Balaban J connectivity index is 1.97. The second-order valence-electron chi connectivity index (χ2n) is 5.09. The first kappa shape index (κ1) is 14.6. The van der Waals surface area contributed by atoms with E-state index in [1.807, 2.05) is 0 Å². The third kappa shape index (κ3) is 2.34. The van der Waals surface area contributed by atoms with Crippen LogP contribution in [-0.2, 0) is 10.4 Å². The molecule has 2 aromatic carbocycles. The second kappa shape index (κ2) is 5.44. The standard InChI is InChI=1S/C16H13ClN2O3/c17-11-7-5-10(6-8-11)14(19-22)9-16(21)12-3-1-2-4-13(12)18-15(16)20/h1-8,21-22H,9H2,(H,18,20)/b19-14+/t16-/m0/s1. The van der Waals surface area contributed by atoms with Crippen LogP contribution in [0.3, 0.4) is 0 Å². The van der Waals surface area contributed by atoms with Gasteiger partial charge in [0.15, 0.2) is 5.60 Å². The molecule has 0 saturated carbocycles. The van der Waals surface area contributed by atoms with E-state index < -0.39 is 11.5 Å². The van der Waals surface area contributed by atoms with Crippen molar-refractivity contribution in [2.75, 3.05) is 5.32 Å². The quantitative estimate of drug-likeness (QED) is 0.462. The van der Waals surface area contributed by atoms with Crippen LogP contribution in [0.15, 0.2) is 53.7 Å². The normalized spacial score (nSPS) is 20.6. The predicted molar refractivity (Wildman–Crippen MR) is 83.4 cm³/mol. The van der Waals surface area contributed by atoms with Crippen molar-refractivity contribution in [2.24, 2.45) is 5.16 Å². The number of oxime groups is 1. The van der Waals surface area contributed by atoms with Crippen molar-refractivity contribution in [3.63, 3.8) is 0 Å². The number of halogens is 1. The van der Waals surface area contributed by atoms with Crippen LogP contribution in [0, 0.1) is 0 Å². The number of nitrogens with one attached hydrogen (secondary N) is 1. The molecule has 0 aliphatic carbocycles. The number of amides is 1. The molecule has 1 atom stereocenters. The fourth-order valence-electron chi connectivity index (χ4n) is 2.56. The number of aliphatic hydroxyl groups is 1. The summed E-state index contributed by atoms with van der Waals surface area (Å²) in [5.41, 5.74) is 0.0414. The van der Waals surface area contributed by atoms with Gasteiger partial charge in [0, 0.05) is 22.7 Å². The first-order valence-electron chi connectivity index (χ1n) is 6.65. The summed E-state index contributed by atoms with van der Waals surface area (Å²) in [7, 11) is 0. The number of nitrogens with zero attached hydrogens (tertiary/aromatic N) is 1. The first-order chi connectivity index (χ1) is 10.5. The monoisotopic (exact) mass is 316 g/mol. The molecule has 112 valence electrons. The number of hydrogen-bond donors (Lipinski definition) is 3. The molecule has 3 N–H and O–H groups in total. The van der Waals surface area contributed by atoms with Gasteiger partial charge in [-0.25, -0.2) is 0 Å². The molecular formula is C16H13ClN2O3. The van der Waals surface area contributed by atoms with Crippen LogP contribution < -0.4 is 5.32 Å². The molecule has 0 fully saturated rings. The Bertz CT molecular complexity index is 758. The molecular weight excluding hydrogens is 304 g/mol. The Morgan fingerprint density at radius 3 is 2.55 bits per heavy atom. The lowest BCUT2D eigenvalue weighted by Crippen LogP contribution is -2.36. The van der Waals surface area contributed by atoms with Gasteiger partial charge in [-0.2, -0.15) is 0 Å². The minimum atomic E-state index is -1.77. The van der Waals surface area contributed by atoms with Crippen molar-refractivity contribution >= 4 is 28.9 Å². The highest BCUT2D eigenvalue weighted by molar-refractivity contribution is 6.30. The van der Waals surface area contributed by atoms with Gasteiger partial charge in [-0.3, -0.25) is 4.79 Å². The van der Waals surface area contributed by atoms with Crippen LogP contribution in [0.2, 0.25) is 5.02 Å². The lowest BCUT2D eigenvalue weighted by molar-refractivity contribution is -0.132. The fraction of sp³-hybridized carbons (Fsp3) is 0.125. The number of anilines is 1. The molecule has 0 saturated heterocycles. The summed E-state index contributed by atoms with van der Waals surface area (Å²) in [5.74, 6) is -0.538. The highest BCUT2D eigenvalue weighted by atomic mass is 35.5. The predicted octanol–water partition coefficient (Wildman–Crippen LogP) is 2.75. The Labute approximate surface area is 131 Å². The van der Waals surface area contributed by atoms with Crippen molar-refractivity contribution in [3.8, 4) is 0 Å². The summed E-state index contributed by atoms with van der Waals surface area (Å²) in [6.07, 6.45) is -0.145. The third-order valence-electron chi connectivity index (χ3n) is 3.72. The zero-order valence-electron chi connectivity index (χ0n) is 11.5. The van der Waals surface area contributed by atoms with Gasteiger partial charge in [-0.1, -0.05) is 47.1 Å². The summed E-state index contributed by atoms with van der Waals surface area (Å²) in [6, 6.07) is 13.5. The van der Waals surface area contributed by atoms with Crippen molar-refractivity contribution in [1.82, 2.24) is 0 Å². The van der Waals surface area contributed by atoms with E-state index in [-0.39, 0.29) is 12.1 Å². The van der Waals surface area contributed by atoms with Gasteiger partial charge in [0.2, 0.25) is 0 Å². The van der Waals surface area contributed by atoms with E-state index in [1.165, 1.54) is 0 Å². The summed E-state index contributed by atoms with van der Waals surface area (Å²) in [6.45, 7) is 0. The molecule has 0 spiro atoms. The number of hydrogen-bond acceptors (Lipinski definition) is 4. The van der Waals surface area contributed by atoms with E-state index in [4.69, 9.17) is 11.6 Å². The highest BCUT2D eigenvalue weighted by Gasteiger charge is 2.46. The Kier molecular flexibility index (Phi) is 3.60. The molecule has 0 aromatic heterocycles. The molecule has 1 amide bonds. The average Bonchev–Trinajstić information content (AvgIpc) is 2.78. The summed E-state index contributed by atoms with van der Waals surface area (Å²) in [4.78, 5) is 12.2. The number of fused-ring (bicyclic) bond motifs is 1. The Morgan fingerprint density at radius 2 is 1.86 bits per heavy atom. The summed E-state index contributed by atoms with van der Waals surface area (Å²) in [5, 5.41) is 26.5. The van der Waals surface area contributed by atoms with Crippen LogP contribution in [0.4, 0.5) is 5.69 Å². The first-order valence-corrected chi connectivity index (χ1v) is 7.02. The molecule has 1 heterocycles. The molecule has 0 radical (unpaired) electrons. The second-order valence-corrected chi connectivity index (χ2v) is 5.53. The van der Waals surface area contributed by atoms with E-state index >= 15 is 0 Å². The number of rotatable bonds is 3. The molecule has 0 bridgehead atoms. The minimum absolute atomic E-state index is 0.145. The van der Waals surface area contributed by atoms with Crippen molar-refractivity contribution in [3.05, 3.63) is 64.7 Å². The number of benzene rings is 2. The van der Waals surface area contributed by atoms with E-state index in [0.717, 1.165) is 0 Å². The highest BCUT2D eigenvalue weighted by Crippen LogP contribution is 2.38. The van der Waals surface area contributed by atoms with Crippen molar-refractivity contribution in [1.29, 1.82) is 0 Å². The lowest BCUT2D eigenvalue weighted by atomic mass is 9.88. The van der Waals surface area contributed by atoms with E-state index in [2.05, 4.69) is 10.5 Å². The average molecular weight is 317 g/mol. The van der Waals surface area contributed by atoms with Crippen LogP contribution in [0.5, 0.6) is 0 Å². The van der Waals surface area contributed by atoms with Crippen LogP contribution in [0.1, 0.15) is 17.5 Å². The van der Waals surface area contributed by atoms with Gasteiger partial charge < -0.3 is 15.6 Å². The lowest BCUT2D eigenvalue weighted by Gasteiger charge is -2.21. The fourth-order valence-corrected chi connectivity index (χ4v) is 2.68. The van der Waals surface area contributed by atoms with Crippen molar-refractivity contribution < 1.29 is 15.1 Å². The maximum absolute atomic E-state index is 12.2. The Morgan fingerprint density at radius 1 is 1.18 bits per heavy atom. The molecule has 0 unspecified atom stereocenters. The topological polar surface area (TPSA) is 81.9 Å². The third-order valence-corrected chi connectivity index (χ3v) is 3.97. The van der Waals surface area contributed by atoms with Gasteiger partial charge in [-0.15, -0.1) is 0 Å². The summed E-state index contributed by atoms with van der Waals surface area (Å²) >= 11 is 5.83. The van der Waals surface area contributed by atoms with E-state index in [0.29, 0.717) is 21.8 Å². The molecule has 1 aliphatic heterocycles. The van der Waals surface area contributed by atoms with E-state index in [1.54, 1.807) is 48.5 Å².